The number of hydrogen-bond acceptors (Lipinski definition) is 5. The van der Waals surface area contributed by atoms with Crippen molar-refractivity contribution in [1.29, 1.82) is 0 Å². The molecule has 0 amide bonds. The number of benzene rings is 1. The van der Waals surface area contributed by atoms with Gasteiger partial charge in [-0.05, 0) is 19.1 Å². The Hall–Kier alpha value is -2.63. The van der Waals surface area contributed by atoms with E-state index in [1.807, 2.05) is 5.32 Å². The molecule has 1 heterocycles. The zero-order valence-electron chi connectivity index (χ0n) is 13.6. The van der Waals surface area contributed by atoms with Crippen LogP contribution in [0, 0.1) is 5.82 Å². The smallest absolute Gasteiger partial charge is 0.394 e. The van der Waals surface area contributed by atoms with Gasteiger partial charge in [-0.25, -0.2) is 9.37 Å². The van der Waals surface area contributed by atoms with Crippen LogP contribution >= 0.6 is 0 Å². The summed E-state index contributed by atoms with van der Waals surface area (Å²) >= 11 is 0. The van der Waals surface area contributed by atoms with Crippen molar-refractivity contribution in [1.82, 2.24) is 9.97 Å². The first-order valence-corrected chi connectivity index (χ1v) is 7.38. The fourth-order valence-electron chi connectivity index (χ4n) is 2.00. The Kier molecular flexibility index (Phi) is 5.78. The molecule has 0 saturated carbocycles. The van der Waals surface area contributed by atoms with Crippen molar-refractivity contribution in [3.8, 4) is 0 Å². The number of hydrogen-bond donors (Lipinski definition) is 3. The summed E-state index contributed by atoms with van der Waals surface area (Å²) in [6.45, 7) is 0.948. The number of nitrogens with one attached hydrogen (secondary N) is 2. The van der Waals surface area contributed by atoms with Crippen molar-refractivity contribution < 1.29 is 35.8 Å². The molecular weight excluding hydrogens is 385 g/mol. The molecule has 2 rings (SSSR count). The van der Waals surface area contributed by atoms with Gasteiger partial charge in [0.15, 0.2) is 5.69 Å². The predicted molar refractivity (Wildman–Crippen MR) is 81.9 cm³/mol. The first-order chi connectivity index (χ1) is 12.4. The molecule has 3 N–H and O–H groups in total. The summed E-state index contributed by atoms with van der Waals surface area (Å²) in [5.41, 5.74) is -3.94. The van der Waals surface area contributed by atoms with Gasteiger partial charge in [-0.15, -0.1) is 0 Å². The molecular formula is C15H13F7N4O. The zero-order chi connectivity index (χ0) is 20.4. The van der Waals surface area contributed by atoms with Crippen molar-refractivity contribution >= 4 is 17.5 Å². The van der Waals surface area contributed by atoms with Gasteiger partial charge in [0.1, 0.15) is 11.6 Å². The normalized spacial score (nSPS) is 13.4. The van der Waals surface area contributed by atoms with Crippen molar-refractivity contribution in [2.24, 2.45) is 0 Å². The second-order valence-corrected chi connectivity index (χ2v) is 5.47. The van der Waals surface area contributed by atoms with Crippen molar-refractivity contribution in [2.45, 2.75) is 25.3 Å². The third kappa shape index (κ3) is 5.18. The Morgan fingerprint density at radius 2 is 1.74 bits per heavy atom. The highest BCUT2D eigenvalue weighted by atomic mass is 19.4. The van der Waals surface area contributed by atoms with Gasteiger partial charge in [-0.3, -0.25) is 0 Å². The highest BCUT2D eigenvalue weighted by molar-refractivity contribution is 5.63. The molecule has 0 unspecified atom stereocenters. The number of aliphatic hydroxyl groups excluding tert-OH is 1. The number of aliphatic hydroxyl groups is 1. The number of nitrogens with zero attached hydrogens (tertiary/aromatic N) is 2. The molecule has 0 fully saturated rings. The Balaban J connectivity index is 2.52. The van der Waals surface area contributed by atoms with E-state index in [0.29, 0.717) is 12.1 Å². The Bertz CT molecular complexity index is 808. The predicted octanol–water partition coefficient (Wildman–Crippen LogP) is 4.19. The lowest BCUT2D eigenvalue weighted by atomic mass is 10.1. The summed E-state index contributed by atoms with van der Waals surface area (Å²) in [4.78, 5) is 6.83. The molecule has 5 nitrogen and oxygen atoms in total. The monoisotopic (exact) mass is 398 g/mol. The fraction of sp³-hybridized carbons (Fsp3) is 0.333. The van der Waals surface area contributed by atoms with E-state index in [2.05, 4.69) is 15.3 Å². The van der Waals surface area contributed by atoms with Crippen molar-refractivity contribution in [3.05, 3.63) is 41.3 Å². The molecule has 148 valence electrons. The minimum absolute atomic E-state index is 0.349. The number of anilines is 3. The lowest BCUT2D eigenvalue weighted by Crippen LogP contribution is -2.22. The minimum atomic E-state index is -4.95. The number of para-hydroxylation sites is 1. The average molecular weight is 398 g/mol. The van der Waals surface area contributed by atoms with Gasteiger partial charge in [-0.1, -0.05) is 6.07 Å². The number of rotatable bonds is 5. The molecule has 0 aliphatic heterocycles. The highest BCUT2D eigenvalue weighted by Crippen LogP contribution is 2.38. The molecule has 0 radical (unpaired) electrons. The summed E-state index contributed by atoms with van der Waals surface area (Å²) < 4.78 is 92.0. The van der Waals surface area contributed by atoms with Crippen LogP contribution in [0.25, 0.3) is 0 Å². The van der Waals surface area contributed by atoms with E-state index >= 15 is 0 Å². The van der Waals surface area contributed by atoms with Crippen LogP contribution in [0.4, 0.5) is 48.2 Å². The van der Waals surface area contributed by atoms with E-state index in [1.54, 1.807) is 0 Å². The van der Waals surface area contributed by atoms with E-state index in [4.69, 9.17) is 5.11 Å². The van der Waals surface area contributed by atoms with Crippen LogP contribution in [-0.2, 0) is 12.4 Å². The van der Waals surface area contributed by atoms with Gasteiger partial charge in [0.2, 0.25) is 5.95 Å². The van der Waals surface area contributed by atoms with Gasteiger partial charge in [0, 0.05) is 12.1 Å². The van der Waals surface area contributed by atoms with Crippen molar-refractivity contribution in [2.75, 3.05) is 17.2 Å². The van der Waals surface area contributed by atoms with E-state index < -0.39 is 59.5 Å². The van der Waals surface area contributed by atoms with Crippen LogP contribution in [0.3, 0.4) is 0 Å². The average Bonchev–Trinajstić information content (AvgIpc) is 2.54. The topological polar surface area (TPSA) is 70.1 Å². The van der Waals surface area contributed by atoms with E-state index in [0.717, 1.165) is 12.1 Å². The lowest BCUT2D eigenvalue weighted by Gasteiger charge is -2.17. The Morgan fingerprint density at radius 1 is 1.07 bits per heavy atom. The third-order valence-corrected chi connectivity index (χ3v) is 3.24. The number of alkyl halides is 6. The van der Waals surface area contributed by atoms with Crippen LogP contribution in [-0.4, -0.2) is 27.7 Å². The molecule has 0 bridgehead atoms. The van der Waals surface area contributed by atoms with Gasteiger partial charge >= 0.3 is 12.4 Å². The largest absolute Gasteiger partial charge is 0.433 e. The molecule has 0 spiro atoms. The molecule has 0 aliphatic carbocycles. The van der Waals surface area contributed by atoms with E-state index in [1.165, 1.54) is 6.92 Å². The van der Waals surface area contributed by atoms with Gasteiger partial charge < -0.3 is 15.7 Å². The summed E-state index contributed by atoms with van der Waals surface area (Å²) in [5.74, 6) is -2.63. The Labute approximate surface area is 148 Å². The van der Waals surface area contributed by atoms with Crippen LogP contribution < -0.4 is 10.6 Å². The van der Waals surface area contributed by atoms with Crippen molar-refractivity contribution in [3.63, 3.8) is 0 Å². The molecule has 12 heteroatoms. The maximum Gasteiger partial charge on any atom is 0.433 e. The van der Waals surface area contributed by atoms with E-state index in [-0.39, 0.29) is 0 Å². The second-order valence-electron chi connectivity index (χ2n) is 5.47. The molecule has 1 aromatic carbocycles. The molecule has 2 aromatic rings. The van der Waals surface area contributed by atoms with E-state index in [9.17, 15) is 30.7 Å². The Morgan fingerprint density at radius 3 is 2.30 bits per heavy atom. The molecule has 1 atom stereocenters. The minimum Gasteiger partial charge on any atom is -0.394 e. The van der Waals surface area contributed by atoms with Gasteiger partial charge in [0.05, 0.1) is 17.9 Å². The summed E-state index contributed by atoms with van der Waals surface area (Å²) in [6, 6.07) is 1.73. The summed E-state index contributed by atoms with van der Waals surface area (Å²) in [7, 11) is 0. The van der Waals surface area contributed by atoms with Gasteiger partial charge in [-0.2, -0.15) is 31.3 Å². The van der Waals surface area contributed by atoms with Crippen LogP contribution in [0.2, 0.25) is 0 Å². The van der Waals surface area contributed by atoms with Crippen LogP contribution in [0.1, 0.15) is 18.2 Å². The highest BCUT2D eigenvalue weighted by Gasteiger charge is 2.36. The van der Waals surface area contributed by atoms with Gasteiger partial charge in [0.25, 0.3) is 0 Å². The number of aromatic nitrogens is 2. The third-order valence-electron chi connectivity index (χ3n) is 3.24. The maximum absolute atomic E-state index is 13.9. The number of halogens is 7. The molecule has 27 heavy (non-hydrogen) atoms. The standard InChI is InChI=1S/C15H13F7N4O/c1-7(6-27)23-13-24-10(15(20,21)22)5-11(26-13)25-12-8(14(17,18)19)3-2-4-9(12)16/h2-5,7,27H,6H2,1H3,(H2,23,24,25,26)/t7-/m0/s1. The SMILES string of the molecule is C[C@@H](CO)Nc1nc(Nc2c(F)cccc2C(F)(F)F)cc(C(F)(F)F)n1. The zero-order valence-corrected chi connectivity index (χ0v) is 13.6. The molecule has 1 aromatic heterocycles. The first-order valence-electron chi connectivity index (χ1n) is 7.38. The lowest BCUT2D eigenvalue weighted by molar-refractivity contribution is -0.141. The molecule has 0 aliphatic rings. The summed E-state index contributed by atoms with van der Waals surface area (Å²) in [5, 5.41) is 13.3. The maximum atomic E-state index is 13.9. The van der Waals surface area contributed by atoms with Crippen LogP contribution in [0.5, 0.6) is 0 Å². The summed E-state index contributed by atoms with van der Waals surface area (Å²) in [6.07, 6.45) is -9.88. The van der Waals surface area contributed by atoms with Crippen LogP contribution in [0.15, 0.2) is 24.3 Å². The fourth-order valence-corrected chi connectivity index (χ4v) is 2.00. The molecule has 0 saturated heterocycles. The quantitative estimate of drug-likeness (QED) is 0.659. The first kappa shape index (κ1) is 20.7. The second kappa shape index (κ2) is 7.55.